The van der Waals surface area contributed by atoms with Crippen molar-refractivity contribution < 1.29 is 14.4 Å². The minimum Gasteiger partial charge on any atom is -0.334 e. The third-order valence-corrected chi connectivity index (χ3v) is 7.83. The van der Waals surface area contributed by atoms with Crippen LogP contribution in [-0.4, -0.2) is 55.6 Å². The zero-order chi connectivity index (χ0) is 24.9. The monoisotopic (exact) mass is 484 g/mol. The number of hydrogen-bond donors (Lipinski definition) is 2. The van der Waals surface area contributed by atoms with E-state index in [0.717, 1.165) is 45.7 Å². The minimum absolute atomic E-state index is 0.0505. The summed E-state index contributed by atoms with van der Waals surface area (Å²) in [6.07, 6.45) is 4.95. The molecule has 9 nitrogen and oxygen atoms in total. The van der Waals surface area contributed by atoms with Gasteiger partial charge in [-0.05, 0) is 61.3 Å². The number of aryl methyl sites for hydroxylation is 1. The molecule has 0 radical (unpaired) electrons. The van der Waals surface area contributed by atoms with E-state index in [9.17, 15) is 14.4 Å². The summed E-state index contributed by atoms with van der Waals surface area (Å²) in [5, 5.41) is 13.5. The van der Waals surface area contributed by atoms with Crippen LogP contribution in [-0.2, 0) is 28.1 Å². The Labute approximate surface area is 208 Å². The Morgan fingerprint density at radius 1 is 1.19 bits per heavy atom. The van der Waals surface area contributed by atoms with Crippen LogP contribution in [0.15, 0.2) is 54.7 Å². The van der Waals surface area contributed by atoms with Gasteiger partial charge in [-0.25, -0.2) is 4.79 Å². The van der Waals surface area contributed by atoms with Gasteiger partial charge in [0.2, 0.25) is 5.91 Å². The third kappa shape index (κ3) is 3.75. The number of benzene rings is 2. The maximum atomic E-state index is 13.7. The number of nitrogens with one attached hydrogen (secondary N) is 2. The standard InChI is InChI=1S/C27H28N6O3/c1-17(19-7-8-19)32(15-18-5-3-2-4-6-18)24(34)16-33-25(35)27(29-26(33)36)12-11-20-13-21(9-10-22(20)27)23-14-28-31-30-23/h2-6,9-10,13-14,17,19H,7-8,11-12,15-16H2,1H3,(H,29,36)(H,28,30,31)/t17-,27-/m0/s1. The number of aromatic amines is 1. The van der Waals surface area contributed by atoms with Gasteiger partial charge in [-0.15, -0.1) is 0 Å². The first-order chi connectivity index (χ1) is 17.5. The highest BCUT2D eigenvalue weighted by atomic mass is 16.2. The van der Waals surface area contributed by atoms with E-state index in [0.29, 0.717) is 25.3 Å². The van der Waals surface area contributed by atoms with Gasteiger partial charge in [0.1, 0.15) is 17.8 Å². The van der Waals surface area contributed by atoms with Crippen LogP contribution in [0.5, 0.6) is 0 Å². The topological polar surface area (TPSA) is 111 Å². The molecule has 2 aliphatic carbocycles. The zero-order valence-electron chi connectivity index (χ0n) is 20.1. The summed E-state index contributed by atoms with van der Waals surface area (Å²) in [6, 6.07) is 15.1. The van der Waals surface area contributed by atoms with Gasteiger partial charge in [-0.3, -0.25) is 14.5 Å². The van der Waals surface area contributed by atoms with Crippen LogP contribution in [0, 0.1) is 5.92 Å². The predicted octanol–water partition coefficient (Wildman–Crippen LogP) is 2.99. The van der Waals surface area contributed by atoms with Crippen LogP contribution in [0.4, 0.5) is 4.79 Å². The minimum atomic E-state index is -1.12. The number of hydrogen-bond acceptors (Lipinski definition) is 5. The Morgan fingerprint density at radius 3 is 2.72 bits per heavy atom. The van der Waals surface area contributed by atoms with E-state index in [1.807, 2.05) is 53.4 Å². The number of aromatic nitrogens is 3. The molecular weight excluding hydrogens is 456 g/mol. The summed E-state index contributed by atoms with van der Waals surface area (Å²) in [7, 11) is 0. The quantitative estimate of drug-likeness (QED) is 0.501. The molecule has 3 aliphatic rings. The zero-order valence-corrected chi connectivity index (χ0v) is 20.1. The summed E-state index contributed by atoms with van der Waals surface area (Å²) >= 11 is 0. The Morgan fingerprint density at radius 2 is 2.00 bits per heavy atom. The first kappa shape index (κ1) is 22.5. The van der Waals surface area contributed by atoms with Crippen molar-refractivity contribution in [1.29, 1.82) is 0 Å². The lowest BCUT2D eigenvalue weighted by Crippen LogP contribution is -2.47. The Balaban J connectivity index is 1.23. The van der Waals surface area contributed by atoms with E-state index in [-0.39, 0.29) is 24.4 Å². The number of urea groups is 1. The molecule has 2 fully saturated rings. The van der Waals surface area contributed by atoms with Gasteiger partial charge >= 0.3 is 6.03 Å². The van der Waals surface area contributed by atoms with Crippen LogP contribution < -0.4 is 5.32 Å². The number of amides is 4. The fourth-order valence-electron chi connectivity index (χ4n) is 5.59. The molecule has 2 heterocycles. The van der Waals surface area contributed by atoms with Gasteiger partial charge in [0.15, 0.2) is 0 Å². The highest BCUT2D eigenvalue weighted by molar-refractivity contribution is 6.10. The van der Waals surface area contributed by atoms with Crippen molar-refractivity contribution in [1.82, 2.24) is 30.5 Å². The molecule has 184 valence electrons. The average Bonchev–Trinajstić information content (AvgIpc) is 3.39. The molecular formula is C27H28N6O3. The molecule has 1 saturated carbocycles. The van der Waals surface area contributed by atoms with E-state index >= 15 is 0 Å². The van der Waals surface area contributed by atoms with Crippen molar-refractivity contribution in [3.63, 3.8) is 0 Å². The highest BCUT2D eigenvalue weighted by Gasteiger charge is 2.56. The van der Waals surface area contributed by atoms with E-state index in [4.69, 9.17) is 0 Å². The molecule has 0 bridgehead atoms. The van der Waals surface area contributed by atoms with Gasteiger partial charge in [0, 0.05) is 18.2 Å². The molecule has 2 N–H and O–H groups in total. The van der Waals surface area contributed by atoms with Gasteiger partial charge in [0.25, 0.3) is 5.91 Å². The smallest absolute Gasteiger partial charge is 0.325 e. The SMILES string of the molecule is C[C@@H](C1CC1)N(Cc1ccccc1)C(=O)CN1C(=O)N[C@]2(CCc3cc(-c4cn[nH]n4)ccc32)C1=O. The van der Waals surface area contributed by atoms with Crippen molar-refractivity contribution >= 4 is 17.8 Å². The Hall–Kier alpha value is -4.01. The molecule has 1 aliphatic heterocycles. The number of rotatable bonds is 7. The lowest BCUT2D eigenvalue weighted by atomic mass is 9.91. The van der Waals surface area contributed by atoms with E-state index in [1.54, 1.807) is 6.20 Å². The largest absolute Gasteiger partial charge is 0.334 e. The van der Waals surface area contributed by atoms with Crippen molar-refractivity contribution in [3.8, 4) is 11.3 Å². The molecule has 1 spiro atoms. The van der Waals surface area contributed by atoms with Crippen LogP contribution in [0.3, 0.4) is 0 Å². The Kier molecular flexibility index (Phi) is 5.35. The highest BCUT2D eigenvalue weighted by Crippen LogP contribution is 2.43. The van der Waals surface area contributed by atoms with Crippen molar-refractivity contribution in [2.75, 3.05) is 6.54 Å². The first-order valence-electron chi connectivity index (χ1n) is 12.4. The normalized spacial score (nSPS) is 21.5. The van der Waals surface area contributed by atoms with Crippen LogP contribution in [0.2, 0.25) is 0 Å². The number of carbonyl (C=O) groups excluding carboxylic acids is 3. The molecule has 1 aromatic heterocycles. The van der Waals surface area contributed by atoms with Crippen molar-refractivity contribution in [3.05, 3.63) is 71.4 Å². The van der Waals surface area contributed by atoms with Crippen LogP contribution in [0.25, 0.3) is 11.3 Å². The molecule has 2 atom stereocenters. The molecule has 6 rings (SSSR count). The summed E-state index contributed by atoms with van der Waals surface area (Å²) in [4.78, 5) is 43.2. The summed E-state index contributed by atoms with van der Waals surface area (Å²) in [6.45, 7) is 2.26. The number of carbonyl (C=O) groups is 3. The Bertz CT molecular complexity index is 1320. The summed E-state index contributed by atoms with van der Waals surface area (Å²) in [5.74, 6) is -0.0985. The summed E-state index contributed by atoms with van der Waals surface area (Å²) < 4.78 is 0. The molecule has 9 heteroatoms. The van der Waals surface area contributed by atoms with Gasteiger partial charge in [0.05, 0.1) is 6.20 Å². The lowest BCUT2D eigenvalue weighted by molar-refractivity contribution is -0.141. The van der Waals surface area contributed by atoms with Gasteiger partial charge < -0.3 is 10.2 Å². The average molecular weight is 485 g/mol. The number of H-pyrrole nitrogens is 1. The molecule has 1 saturated heterocycles. The predicted molar refractivity (Wildman–Crippen MR) is 131 cm³/mol. The first-order valence-corrected chi connectivity index (χ1v) is 12.4. The van der Waals surface area contributed by atoms with Crippen LogP contribution >= 0.6 is 0 Å². The second-order valence-corrected chi connectivity index (χ2v) is 10.0. The second-order valence-electron chi connectivity index (χ2n) is 10.0. The number of fused-ring (bicyclic) bond motifs is 2. The van der Waals surface area contributed by atoms with Crippen LogP contribution in [0.1, 0.15) is 42.9 Å². The molecule has 0 unspecified atom stereocenters. The van der Waals surface area contributed by atoms with E-state index in [2.05, 4.69) is 27.7 Å². The maximum absolute atomic E-state index is 13.7. The third-order valence-electron chi connectivity index (χ3n) is 7.83. The van der Waals surface area contributed by atoms with Gasteiger partial charge in [-0.2, -0.15) is 15.4 Å². The van der Waals surface area contributed by atoms with Crippen molar-refractivity contribution in [2.24, 2.45) is 5.92 Å². The molecule has 36 heavy (non-hydrogen) atoms. The molecule has 2 aromatic carbocycles. The lowest BCUT2D eigenvalue weighted by Gasteiger charge is -2.31. The molecule has 4 amide bonds. The molecule has 3 aromatic rings. The number of nitrogens with zero attached hydrogens (tertiary/aromatic N) is 4. The maximum Gasteiger partial charge on any atom is 0.325 e. The van der Waals surface area contributed by atoms with Gasteiger partial charge in [-0.1, -0.05) is 42.5 Å². The van der Waals surface area contributed by atoms with E-state index < -0.39 is 11.6 Å². The summed E-state index contributed by atoms with van der Waals surface area (Å²) in [5.41, 5.74) is 3.30. The number of imide groups is 1. The van der Waals surface area contributed by atoms with E-state index in [1.165, 1.54) is 0 Å². The fraction of sp³-hybridized carbons (Fsp3) is 0.370. The van der Waals surface area contributed by atoms with Crippen molar-refractivity contribution in [2.45, 2.75) is 50.7 Å². The fourth-order valence-corrected chi connectivity index (χ4v) is 5.59. The second kappa shape index (κ2) is 8.58.